The summed E-state index contributed by atoms with van der Waals surface area (Å²) in [6, 6.07) is 16.1. The van der Waals surface area contributed by atoms with E-state index in [0.29, 0.717) is 0 Å². The van der Waals surface area contributed by atoms with Crippen molar-refractivity contribution in [2.24, 2.45) is 0 Å². The lowest BCUT2D eigenvalue weighted by molar-refractivity contribution is 0.940. The van der Waals surface area contributed by atoms with Crippen LogP contribution in [0.15, 0.2) is 48.5 Å². The van der Waals surface area contributed by atoms with E-state index in [1.165, 1.54) is 0 Å². The number of nitrogens with zero attached hydrogens (tertiary/aromatic N) is 4. The molecule has 0 unspecified atom stereocenters. The Balaban J connectivity index is 2.00. The number of fused-ring (bicyclic) bond motifs is 8. The molecule has 0 amide bonds. The number of hydrogen-bond donors (Lipinski definition) is 2. The molecule has 22 heavy (non-hydrogen) atoms. The van der Waals surface area contributed by atoms with Crippen molar-refractivity contribution in [2.45, 2.75) is 0 Å². The van der Waals surface area contributed by atoms with E-state index in [1.807, 2.05) is 48.5 Å². The molecule has 6 nitrogen and oxygen atoms in total. The van der Waals surface area contributed by atoms with Crippen molar-refractivity contribution in [3.63, 3.8) is 0 Å². The smallest absolute Gasteiger partial charge is 0.121 e. The molecule has 6 heteroatoms. The molecule has 2 N–H and O–H groups in total. The molecule has 0 aliphatic heterocycles. The predicted octanol–water partition coefficient (Wildman–Crippen LogP) is 2.90. The highest BCUT2D eigenvalue weighted by atomic mass is 15.3. The minimum absolute atomic E-state index is 0.830. The van der Waals surface area contributed by atoms with E-state index in [2.05, 4.69) is 30.8 Å². The van der Waals surface area contributed by atoms with Crippen LogP contribution >= 0.6 is 0 Å². The van der Waals surface area contributed by atoms with Crippen LogP contribution in [0, 0.1) is 0 Å². The summed E-state index contributed by atoms with van der Waals surface area (Å²) in [5.41, 5.74) is 7.53. The van der Waals surface area contributed by atoms with Gasteiger partial charge in [0.15, 0.2) is 0 Å². The average Bonchev–Trinajstić information content (AvgIpc) is 3.23. The number of benzene rings is 2. The Hall–Kier alpha value is -3.28. The van der Waals surface area contributed by atoms with E-state index in [-0.39, 0.29) is 0 Å². The number of hydrogen-bond acceptors (Lipinski definition) is 4. The van der Waals surface area contributed by atoms with Gasteiger partial charge in [0, 0.05) is 22.3 Å². The monoisotopic (exact) mass is 286 g/mol. The van der Waals surface area contributed by atoms with Crippen LogP contribution in [0.3, 0.4) is 0 Å². The molecule has 1 aliphatic rings. The molecular weight excluding hydrogens is 276 g/mol. The van der Waals surface area contributed by atoms with Gasteiger partial charge >= 0.3 is 0 Å². The van der Waals surface area contributed by atoms with Crippen LogP contribution < -0.4 is 0 Å². The summed E-state index contributed by atoms with van der Waals surface area (Å²) < 4.78 is 0. The summed E-state index contributed by atoms with van der Waals surface area (Å²) in [5.74, 6) is 0. The molecule has 0 fully saturated rings. The predicted molar refractivity (Wildman–Crippen MR) is 81.6 cm³/mol. The normalized spacial score (nSPS) is 11.6. The van der Waals surface area contributed by atoms with Crippen molar-refractivity contribution < 1.29 is 0 Å². The van der Waals surface area contributed by atoms with Gasteiger partial charge in [-0.05, 0) is 0 Å². The SMILES string of the molecule is c1ccc2c(c1)-c1nn[nH]c1-c1ccccc1-c1[nH]nnc1-2. The summed E-state index contributed by atoms with van der Waals surface area (Å²) in [6.45, 7) is 0. The van der Waals surface area contributed by atoms with Crippen molar-refractivity contribution in [2.75, 3.05) is 0 Å². The van der Waals surface area contributed by atoms with Crippen LogP contribution in [-0.4, -0.2) is 30.8 Å². The van der Waals surface area contributed by atoms with Crippen molar-refractivity contribution in [1.82, 2.24) is 30.8 Å². The molecule has 0 spiro atoms. The van der Waals surface area contributed by atoms with Gasteiger partial charge in [0.1, 0.15) is 11.4 Å². The number of aromatic nitrogens is 6. The van der Waals surface area contributed by atoms with Gasteiger partial charge in [0.25, 0.3) is 0 Å². The molecule has 0 radical (unpaired) electrons. The van der Waals surface area contributed by atoms with E-state index in [9.17, 15) is 0 Å². The van der Waals surface area contributed by atoms with Crippen LogP contribution in [0.5, 0.6) is 0 Å². The Bertz CT molecular complexity index is 840. The molecular formula is C16H10N6. The van der Waals surface area contributed by atoms with E-state index < -0.39 is 0 Å². The molecule has 0 saturated heterocycles. The van der Waals surface area contributed by atoms with Crippen molar-refractivity contribution >= 4 is 0 Å². The number of nitrogens with one attached hydrogen (secondary N) is 2. The summed E-state index contributed by atoms with van der Waals surface area (Å²) in [6.07, 6.45) is 0. The maximum atomic E-state index is 4.29. The Morgan fingerprint density at radius 1 is 0.545 bits per heavy atom. The van der Waals surface area contributed by atoms with Crippen molar-refractivity contribution in [1.29, 1.82) is 0 Å². The van der Waals surface area contributed by atoms with E-state index in [1.54, 1.807) is 0 Å². The Morgan fingerprint density at radius 2 is 0.955 bits per heavy atom. The first kappa shape index (κ1) is 11.4. The lowest BCUT2D eigenvalue weighted by Crippen LogP contribution is -1.96. The second-order valence-electron chi connectivity index (χ2n) is 5.16. The molecule has 0 atom stereocenters. The molecule has 1 aliphatic carbocycles. The molecule has 104 valence electrons. The summed E-state index contributed by atoms with van der Waals surface area (Å²) in [5, 5.41) is 22.7. The number of H-pyrrole nitrogens is 2. The maximum Gasteiger partial charge on any atom is 0.121 e. The third-order valence-corrected chi connectivity index (χ3v) is 4.00. The van der Waals surface area contributed by atoms with Crippen LogP contribution in [0.2, 0.25) is 0 Å². The van der Waals surface area contributed by atoms with Crippen molar-refractivity contribution in [3.8, 4) is 45.0 Å². The first-order valence-electron chi connectivity index (χ1n) is 6.95. The highest BCUT2D eigenvalue weighted by molar-refractivity contribution is 5.98. The molecule has 5 rings (SSSR count). The minimum atomic E-state index is 0.830. The molecule has 2 heterocycles. The molecule has 4 aromatic rings. The largest absolute Gasteiger partial charge is 0.257 e. The fourth-order valence-corrected chi connectivity index (χ4v) is 3.02. The molecule has 0 saturated carbocycles. The third-order valence-electron chi connectivity index (χ3n) is 4.00. The summed E-state index contributed by atoms with van der Waals surface area (Å²) in [4.78, 5) is 0. The maximum absolute atomic E-state index is 4.29. The highest BCUT2D eigenvalue weighted by Crippen LogP contribution is 2.43. The Labute approximate surface area is 125 Å². The van der Waals surface area contributed by atoms with E-state index in [0.717, 1.165) is 45.0 Å². The second kappa shape index (κ2) is 4.11. The van der Waals surface area contributed by atoms with Gasteiger partial charge in [-0.2, -0.15) is 0 Å². The van der Waals surface area contributed by atoms with Gasteiger partial charge < -0.3 is 0 Å². The van der Waals surface area contributed by atoms with E-state index >= 15 is 0 Å². The molecule has 2 aromatic carbocycles. The van der Waals surface area contributed by atoms with Gasteiger partial charge in [0.2, 0.25) is 0 Å². The standard InChI is InChI=1S/C16H10N6/c1-2-6-10-9(5-1)13-15(19-21-17-13)11-7-3-4-8-12(11)16-14(10)18-22-20-16/h1-8H,(H,17,19,21)(H,18,20,22). The third kappa shape index (κ3) is 1.38. The zero-order chi connectivity index (χ0) is 14.5. The van der Waals surface area contributed by atoms with Gasteiger partial charge in [-0.3, -0.25) is 10.2 Å². The lowest BCUT2D eigenvalue weighted by atomic mass is 9.90. The van der Waals surface area contributed by atoms with Crippen LogP contribution in [0.4, 0.5) is 0 Å². The topological polar surface area (TPSA) is 83.1 Å². The second-order valence-corrected chi connectivity index (χ2v) is 5.16. The van der Waals surface area contributed by atoms with Crippen LogP contribution in [0.1, 0.15) is 0 Å². The first-order chi connectivity index (χ1) is 10.9. The first-order valence-corrected chi connectivity index (χ1v) is 6.95. The fourth-order valence-electron chi connectivity index (χ4n) is 3.02. The zero-order valence-corrected chi connectivity index (χ0v) is 11.4. The highest BCUT2D eigenvalue weighted by Gasteiger charge is 2.25. The average molecular weight is 286 g/mol. The summed E-state index contributed by atoms with van der Waals surface area (Å²) in [7, 11) is 0. The minimum Gasteiger partial charge on any atom is -0.257 e. The summed E-state index contributed by atoms with van der Waals surface area (Å²) >= 11 is 0. The number of rotatable bonds is 0. The van der Waals surface area contributed by atoms with Gasteiger partial charge in [0.05, 0.1) is 11.4 Å². The Kier molecular flexibility index (Phi) is 2.13. The van der Waals surface area contributed by atoms with Gasteiger partial charge in [-0.25, -0.2) is 0 Å². The quantitative estimate of drug-likeness (QED) is 0.458. The lowest BCUT2D eigenvalue weighted by Gasteiger charge is -2.14. The van der Waals surface area contributed by atoms with Gasteiger partial charge in [-0.15, -0.1) is 10.2 Å². The Morgan fingerprint density at radius 3 is 1.41 bits per heavy atom. The number of aromatic amines is 2. The van der Waals surface area contributed by atoms with Crippen LogP contribution in [0.25, 0.3) is 45.0 Å². The van der Waals surface area contributed by atoms with Gasteiger partial charge in [-0.1, -0.05) is 59.0 Å². The molecule has 0 bridgehead atoms. The van der Waals surface area contributed by atoms with E-state index in [4.69, 9.17) is 0 Å². The molecule has 2 aromatic heterocycles. The fraction of sp³-hybridized carbons (Fsp3) is 0. The van der Waals surface area contributed by atoms with Crippen LogP contribution in [-0.2, 0) is 0 Å². The van der Waals surface area contributed by atoms with Crippen molar-refractivity contribution in [3.05, 3.63) is 48.5 Å². The zero-order valence-electron chi connectivity index (χ0n) is 11.4.